The summed E-state index contributed by atoms with van der Waals surface area (Å²) in [4.78, 5) is 11.5. The molecule has 4 nitrogen and oxygen atoms in total. The van der Waals surface area contributed by atoms with Gasteiger partial charge in [-0.05, 0) is 56.7 Å². The highest BCUT2D eigenvalue weighted by atomic mass is 15.2. The Morgan fingerprint density at radius 1 is 1.09 bits per heavy atom. The van der Waals surface area contributed by atoms with E-state index in [2.05, 4.69) is 55.0 Å². The molecule has 2 heterocycles. The fourth-order valence-corrected chi connectivity index (χ4v) is 3.31. The van der Waals surface area contributed by atoms with Crippen molar-refractivity contribution < 1.29 is 0 Å². The van der Waals surface area contributed by atoms with Gasteiger partial charge in [0, 0.05) is 25.0 Å². The average molecular weight is 310 g/mol. The Kier molecular flexibility index (Phi) is 4.51. The summed E-state index contributed by atoms with van der Waals surface area (Å²) >= 11 is 0. The third kappa shape index (κ3) is 3.63. The summed E-state index contributed by atoms with van der Waals surface area (Å²) in [6, 6.07) is 6.38. The van der Waals surface area contributed by atoms with Gasteiger partial charge in [-0.25, -0.2) is 4.98 Å². The number of piperidine rings is 1. The molecule has 2 aromatic rings. The molecule has 1 aliphatic rings. The number of hydrogen-bond donors (Lipinski definition) is 1. The van der Waals surface area contributed by atoms with E-state index in [9.17, 15) is 0 Å². The summed E-state index contributed by atoms with van der Waals surface area (Å²) in [6.07, 6.45) is 4.33. The normalized spacial score (nSPS) is 15.7. The summed E-state index contributed by atoms with van der Waals surface area (Å²) in [5.74, 6) is 2.52. The number of nitrogens with zero attached hydrogens (tertiary/aromatic N) is 3. The highest BCUT2D eigenvalue weighted by Gasteiger charge is 2.17. The van der Waals surface area contributed by atoms with Crippen LogP contribution < -0.4 is 10.2 Å². The lowest BCUT2D eigenvalue weighted by Crippen LogP contribution is -2.33. The largest absolute Gasteiger partial charge is 0.356 e. The fourth-order valence-electron chi connectivity index (χ4n) is 3.31. The molecular formula is C19H26N4. The predicted octanol–water partition coefficient (Wildman–Crippen LogP) is 4.38. The van der Waals surface area contributed by atoms with Crippen molar-refractivity contribution in [1.29, 1.82) is 0 Å². The maximum absolute atomic E-state index is 4.73. The van der Waals surface area contributed by atoms with Crippen molar-refractivity contribution in [2.24, 2.45) is 5.92 Å². The molecule has 1 N–H and O–H groups in total. The second-order valence-corrected chi connectivity index (χ2v) is 6.81. The average Bonchev–Trinajstić information content (AvgIpc) is 2.52. The Hall–Kier alpha value is -2.10. The van der Waals surface area contributed by atoms with Gasteiger partial charge in [-0.1, -0.05) is 24.6 Å². The van der Waals surface area contributed by atoms with Crippen molar-refractivity contribution >= 4 is 17.5 Å². The number of rotatable bonds is 3. The van der Waals surface area contributed by atoms with Crippen LogP contribution in [0.25, 0.3) is 0 Å². The number of nitrogens with one attached hydrogen (secondary N) is 1. The van der Waals surface area contributed by atoms with Crippen molar-refractivity contribution in [2.45, 2.75) is 40.5 Å². The Labute approximate surface area is 139 Å². The van der Waals surface area contributed by atoms with Crippen LogP contribution >= 0.6 is 0 Å². The number of aryl methyl sites for hydroxylation is 3. The van der Waals surface area contributed by atoms with Gasteiger partial charge in [0.15, 0.2) is 0 Å². The number of aromatic nitrogens is 2. The highest BCUT2D eigenvalue weighted by Crippen LogP contribution is 2.26. The molecule has 1 fully saturated rings. The van der Waals surface area contributed by atoms with E-state index in [4.69, 9.17) is 4.98 Å². The van der Waals surface area contributed by atoms with Crippen LogP contribution in [0.15, 0.2) is 24.4 Å². The summed E-state index contributed by atoms with van der Waals surface area (Å²) in [7, 11) is 0. The van der Waals surface area contributed by atoms with Crippen LogP contribution in [0.5, 0.6) is 0 Å². The van der Waals surface area contributed by atoms with Crippen molar-refractivity contribution in [2.75, 3.05) is 23.3 Å². The van der Waals surface area contributed by atoms with Gasteiger partial charge in [-0.15, -0.1) is 0 Å². The first-order valence-corrected chi connectivity index (χ1v) is 8.46. The van der Waals surface area contributed by atoms with Gasteiger partial charge in [0.25, 0.3) is 0 Å². The van der Waals surface area contributed by atoms with E-state index < -0.39 is 0 Å². The first kappa shape index (κ1) is 15.8. The topological polar surface area (TPSA) is 41.1 Å². The maximum Gasteiger partial charge on any atom is 0.229 e. The quantitative estimate of drug-likeness (QED) is 0.913. The lowest BCUT2D eigenvalue weighted by Gasteiger charge is -2.31. The lowest BCUT2D eigenvalue weighted by molar-refractivity contribution is 0.436. The SMILES string of the molecule is Cc1cc(C)c(Nc2nccc(N3CCC(C)CC3)n2)c(C)c1. The summed E-state index contributed by atoms with van der Waals surface area (Å²) in [5, 5.41) is 3.41. The van der Waals surface area contributed by atoms with Crippen molar-refractivity contribution in [3.8, 4) is 0 Å². The van der Waals surface area contributed by atoms with Crippen molar-refractivity contribution in [1.82, 2.24) is 9.97 Å². The minimum atomic E-state index is 0.677. The first-order valence-electron chi connectivity index (χ1n) is 8.46. The zero-order valence-corrected chi connectivity index (χ0v) is 14.6. The Morgan fingerprint density at radius 3 is 2.39 bits per heavy atom. The molecular weight excluding hydrogens is 284 g/mol. The van der Waals surface area contributed by atoms with E-state index in [-0.39, 0.29) is 0 Å². The number of hydrogen-bond acceptors (Lipinski definition) is 4. The molecule has 1 saturated heterocycles. The molecule has 1 aliphatic heterocycles. The van der Waals surface area contributed by atoms with Gasteiger partial charge in [-0.3, -0.25) is 0 Å². The standard InChI is InChI=1S/C19H26N4/c1-13-6-9-23(10-7-13)17-5-8-20-19(21-17)22-18-15(3)11-14(2)12-16(18)4/h5,8,11-13H,6-7,9-10H2,1-4H3,(H,20,21,22). The smallest absolute Gasteiger partial charge is 0.229 e. The molecule has 1 aromatic heterocycles. The summed E-state index contributed by atoms with van der Waals surface area (Å²) in [6.45, 7) is 10.9. The molecule has 122 valence electrons. The van der Waals surface area contributed by atoms with Gasteiger partial charge >= 0.3 is 0 Å². The van der Waals surface area contributed by atoms with Crippen LogP contribution in [0.2, 0.25) is 0 Å². The molecule has 0 saturated carbocycles. The second-order valence-electron chi connectivity index (χ2n) is 6.81. The van der Waals surface area contributed by atoms with Gasteiger partial charge in [-0.2, -0.15) is 4.98 Å². The molecule has 0 bridgehead atoms. The van der Waals surface area contributed by atoms with E-state index in [0.29, 0.717) is 5.95 Å². The fraction of sp³-hybridized carbons (Fsp3) is 0.474. The molecule has 0 radical (unpaired) electrons. The van der Waals surface area contributed by atoms with Gasteiger partial charge in [0.1, 0.15) is 5.82 Å². The monoisotopic (exact) mass is 310 g/mol. The molecule has 0 atom stereocenters. The van der Waals surface area contributed by atoms with Crippen LogP contribution in [-0.4, -0.2) is 23.1 Å². The Morgan fingerprint density at radius 2 is 1.74 bits per heavy atom. The van der Waals surface area contributed by atoms with E-state index in [1.165, 1.54) is 29.5 Å². The highest BCUT2D eigenvalue weighted by molar-refractivity contribution is 5.64. The minimum Gasteiger partial charge on any atom is -0.356 e. The van der Waals surface area contributed by atoms with Crippen molar-refractivity contribution in [3.63, 3.8) is 0 Å². The van der Waals surface area contributed by atoms with Crippen LogP contribution in [0.3, 0.4) is 0 Å². The van der Waals surface area contributed by atoms with Crippen LogP contribution in [-0.2, 0) is 0 Å². The third-order valence-corrected chi connectivity index (χ3v) is 4.66. The Bertz CT molecular complexity index is 665. The molecule has 3 rings (SSSR count). The van der Waals surface area contributed by atoms with E-state index in [1.54, 1.807) is 0 Å². The molecule has 0 unspecified atom stereocenters. The van der Waals surface area contributed by atoms with E-state index in [0.717, 1.165) is 30.5 Å². The minimum absolute atomic E-state index is 0.677. The lowest BCUT2D eigenvalue weighted by atomic mass is 9.99. The van der Waals surface area contributed by atoms with E-state index >= 15 is 0 Å². The summed E-state index contributed by atoms with van der Waals surface area (Å²) < 4.78 is 0. The van der Waals surface area contributed by atoms with Gasteiger partial charge in [0.2, 0.25) is 5.95 Å². The Balaban J connectivity index is 1.81. The zero-order valence-electron chi connectivity index (χ0n) is 14.6. The van der Waals surface area contributed by atoms with E-state index in [1.807, 2.05) is 12.3 Å². The molecule has 0 amide bonds. The molecule has 0 spiro atoms. The maximum atomic E-state index is 4.73. The second kappa shape index (κ2) is 6.57. The third-order valence-electron chi connectivity index (χ3n) is 4.66. The number of anilines is 3. The first-order chi connectivity index (χ1) is 11.0. The zero-order chi connectivity index (χ0) is 16.4. The molecule has 1 aromatic carbocycles. The van der Waals surface area contributed by atoms with Gasteiger partial charge < -0.3 is 10.2 Å². The van der Waals surface area contributed by atoms with Gasteiger partial charge in [0.05, 0.1) is 0 Å². The predicted molar refractivity (Wildman–Crippen MR) is 96.6 cm³/mol. The molecule has 4 heteroatoms. The summed E-state index contributed by atoms with van der Waals surface area (Å²) in [5.41, 5.74) is 4.84. The molecule has 0 aliphatic carbocycles. The van der Waals surface area contributed by atoms with Crippen molar-refractivity contribution in [3.05, 3.63) is 41.1 Å². The molecule has 23 heavy (non-hydrogen) atoms. The van der Waals surface area contributed by atoms with Crippen LogP contribution in [0, 0.1) is 26.7 Å². The van der Waals surface area contributed by atoms with Crippen LogP contribution in [0.1, 0.15) is 36.5 Å². The number of benzene rings is 1. The van der Waals surface area contributed by atoms with Crippen LogP contribution in [0.4, 0.5) is 17.5 Å².